The molecule has 2 rings (SSSR count). The van der Waals surface area contributed by atoms with E-state index in [9.17, 15) is 4.79 Å². The van der Waals surface area contributed by atoms with Gasteiger partial charge in [0.2, 0.25) is 0 Å². The minimum atomic E-state index is 0.157. The molecule has 110 valence electrons. The second-order valence-corrected chi connectivity index (χ2v) is 6.11. The number of aryl methyl sites for hydroxylation is 1. The summed E-state index contributed by atoms with van der Waals surface area (Å²) in [5.74, 6) is 0.969. The standard InChI is InChI=1S/C17H26N2O/c1-12-5-8-15(9-6-12)19(4)17(20)16-10-7-14(18-3)11-13(16)2/h7,10-12,15,18H,5-6,8-9H2,1-4H3. The maximum atomic E-state index is 12.7. The molecule has 0 atom stereocenters. The Hall–Kier alpha value is -1.51. The zero-order chi connectivity index (χ0) is 14.7. The largest absolute Gasteiger partial charge is 0.388 e. The SMILES string of the molecule is CNc1ccc(C(=O)N(C)C2CCC(C)CC2)c(C)c1. The number of anilines is 1. The molecule has 1 aromatic rings. The average molecular weight is 274 g/mol. The topological polar surface area (TPSA) is 32.3 Å². The van der Waals surface area contributed by atoms with Crippen LogP contribution < -0.4 is 5.32 Å². The molecule has 1 aromatic carbocycles. The summed E-state index contributed by atoms with van der Waals surface area (Å²) >= 11 is 0. The van der Waals surface area contributed by atoms with Gasteiger partial charge in [-0.25, -0.2) is 0 Å². The molecule has 0 bridgehead atoms. The lowest BCUT2D eigenvalue weighted by Gasteiger charge is -2.34. The maximum Gasteiger partial charge on any atom is 0.254 e. The van der Waals surface area contributed by atoms with E-state index in [0.29, 0.717) is 6.04 Å². The van der Waals surface area contributed by atoms with Crippen LogP contribution in [0.4, 0.5) is 5.69 Å². The van der Waals surface area contributed by atoms with E-state index in [4.69, 9.17) is 0 Å². The van der Waals surface area contributed by atoms with Crippen molar-refractivity contribution in [2.75, 3.05) is 19.4 Å². The lowest BCUT2D eigenvalue weighted by molar-refractivity contribution is 0.0679. The summed E-state index contributed by atoms with van der Waals surface area (Å²) < 4.78 is 0. The van der Waals surface area contributed by atoms with Gasteiger partial charge in [0.25, 0.3) is 5.91 Å². The van der Waals surface area contributed by atoms with Crippen LogP contribution in [0.1, 0.15) is 48.5 Å². The number of hydrogen-bond acceptors (Lipinski definition) is 2. The van der Waals surface area contributed by atoms with Crippen molar-refractivity contribution < 1.29 is 4.79 Å². The van der Waals surface area contributed by atoms with E-state index in [2.05, 4.69) is 12.2 Å². The van der Waals surface area contributed by atoms with Crippen LogP contribution in [0.5, 0.6) is 0 Å². The van der Waals surface area contributed by atoms with E-state index in [1.165, 1.54) is 12.8 Å². The van der Waals surface area contributed by atoms with Crippen molar-refractivity contribution in [2.45, 2.75) is 45.6 Å². The number of amides is 1. The summed E-state index contributed by atoms with van der Waals surface area (Å²) in [5.41, 5.74) is 2.91. The van der Waals surface area contributed by atoms with Gasteiger partial charge in [0.05, 0.1) is 0 Å². The Bertz CT molecular complexity index is 476. The summed E-state index contributed by atoms with van der Waals surface area (Å²) in [6.07, 6.45) is 4.74. The van der Waals surface area contributed by atoms with Gasteiger partial charge in [0.1, 0.15) is 0 Å². The predicted octanol–water partition coefficient (Wildman–Crippen LogP) is 3.69. The van der Waals surface area contributed by atoms with Crippen molar-refractivity contribution in [3.63, 3.8) is 0 Å². The summed E-state index contributed by atoms with van der Waals surface area (Å²) in [6, 6.07) is 6.34. The van der Waals surface area contributed by atoms with E-state index in [1.807, 2.05) is 44.1 Å². The van der Waals surface area contributed by atoms with Gasteiger partial charge in [-0.3, -0.25) is 4.79 Å². The van der Waals surface area contributed by atoms with Gasteiger partial charge in [0.15, 0.2) is 0 Å². The summed E-state index contributed by atoms with van der Waals surface area (Å²) in [7, 11) is 3.85. The van der Waals surface area contributed by atoms with E-state index in [1.54, 1.807) is 0 Å². The lowest BCUT2D eigenvalue weighted by atomic mass is 9.86. The van der Waals surface area contributed by atoms with Crippen LogP contribution in [-0.4, -0.2) is 30.9 Å². The highest BCUT2D eigenvalue weighted by atomic mass is 16.2. The molecule has 1 aliphatic carbocycles. The first-order chi connectivity index (χ1) is 9.52. The van der Waals surface area contributed by atoms with Gasteiger partial charge < -0.3 is 10.2 Å². The average Bonchev–Trinajstić information content (AvgIpc) is 2.46. The number of carbonyl (C=O) groups is 1. The third-order valence-corrected chi connectivity index (χ3v) is 4.60. The van der Waals surface area contributed by atoms with Gasteiger partial charge in [0, 0.05) is 31.4 Å². The fraction of sp³-hybridized carbons (Fsp3) is 0.588. The van der Waals surface area contributed by atoms with Crippen molar-refractivity contribution in [3.05, 3.63) is 29.3 Å². The second-order valence-electron chi connectivity index (χ2n) is 6.11. The summed E-state index contributed by atoms with van der Waals surface area (Å²) in [5, 5.41) is 3.11. The van der Waals surface area contributed by atoms with Crippen LogP contribution >= 0.6 is 0 Å². The molecule has 1 saturated carbocycles. The van der Waals surface area contributed by atoms with Crippen molar-refractivity contribution in [3.8, 4) is 0 Å². The molecule has 20 heavy (non-hydrogen) atoms. The molecule has 1 fully saturated rings. The molecule has 1 N–H and O–H groups in total. The fourth-order valence-corrected chi connectivity index (χ4v) is 3.04. The highest BCUT2D eigenvalue weighted by molar-refractivity contribution is 5.96. The Morgan fingerprint density at radius 3 is 2.45 bits per heavy atom. The molecular formula is C17H26N2O. The predicted molar refractivity (Wildman–Crippen MR) is 84.2 cm³/mol. The molecule has 0 aliphatic heterocycles. The van der Waals surface area contributed by atoms with Gasteiger partial charge in [-0.05, 0) is 62.3 Å². The first-order valence-corrected chi connectivity index (χ1v) is 7.58. The third-order valence-electron chi connectivity index (χ3n) is 4.60. The van der Waals surface area contributed by atoms with E-state index >= 15 is 0 Å². The van der Waals surface area contributed by atoms with E-state index in [-0.39, 0.29) is 5.91 Å². The van der Waals surface area contributed by atoms with Crippen LogP contribution in [0, 0.1) is 12.8 Å². The Morgan fingerprint density at radius 1 is 1.25 bits per heavy atom. The Kier molecular flexibility index (Phi) is 4.69. The number of rotatable bonds is 3. The third kappa shape index (κ3) is 3.14. The summed E-state index contributed by atoms with van der Waals surface area (Å²) in [4.78, 5) is 14.6. The molecule has 3 nitrogen and oxygen atoms in total. The first kappa shape index (κ1) is 14.9. The van der Waals surface area contributed by atoms with Crippen molar-refractivity contribution in [1.29, 1.82) is 0 Å². The van der Waals surface area contributed by atoms with Gasteiger partial charge in [-0.2, -0.15) is 0 Å². The molecule has 0 saturated heterocycles. The zero-order valence-electron chi connectivity index (χ0n) is 13.1. The van der Waals surface area contributed by atoms with Crippen molar-refractivity contribution in [1.82, 2.24) is 4.90 Å². The maximum absolute atomic E-state index is 12.7. The fourth-order valence-electron chi connectivity index (χ4n) is 3.04. The molecule has 0 spiro atoms. The number of benzene rings is 1. The molecule has 0 heterocycles. The van der Waals surface area contributed by atoms with Crippen molar-refractivity contribution in [2.24, 2.45) is 5.92 Å². The van der Waals surface area contributed by atoms with E-state index < -0.39 is 0 Å². The van der Waals surface area contributed by atoms with Gasteiger partial charge in [-0.15, -0.1) is 0 Å². The van der Waals surface area contributed by atoms with Gasteiger partial charge >= 0.3 is 0 Å². The number of nitrogens with one attached hydrogen (secondary N) is 1. The number of hydrogen-bond donors (Lipinski definition) is 1. The van der Waals surface area contributed by atoms with Crippen LogP contribution in [0.25, 0.3) is 0 Å². The van der Waals surface area contributed by atoms with Gasteiger partial charge in [-0.1, -0.05) is 6.92 Å². The number of carbonyl (C=O) groups excluding carboxylic acids is 1. The van der Waals surface area contributed by atoms with Crippen LogP contribution in [-0.2, 0) is 0 Å². The minimum Gasteiger partial charge on any atom is -0.388 e. The lowest BCUT2D eigenvalue weighted by Crippen LogP contribution is -2.39. The molecule has 1 amide bonds. The van der Waals surface area contributed by atoms with Crippen molar-refractivity contribution >= 4 is 11.6 Å². The summed E-state index contributed by atoms with van der Waals surface area (Å²) in [6.45, 7) is 4.31. The second kappa shape index (κ2) is 6.29. The smallest absolute Gasteiger partial charge is 0.254 e. The quantitative estimate of drug-likeness (QED) is 0.911. The van der Waals surface area contributed by atoms with Crippen LogP contribution in [0.3, 0.4) is 0 Å². The first-order valence-electron chi connectivity index (χ1n) is 7.58. The molecule has 0 unspecified atom stereocenters. The molecule has 0 radical (unpaired) electrons. The normalized spacial score (nSPS) is 22.4. The Labute approximate surface area is 122 Å². The Balaban J connectivity index is 2.10. The molecule has 0 aromatic heterocycles. The van der Waals surface area contributed by atoms with Crippen LogP contribution in [0.15, 0.2) is 18.2 Å². The molecule has 3 heteroatoms. The molecule has 1 aliphatic rings. The zero-order valence-corrected chi connectivity index (χ0v) is 13.1. The minimum absolute atomic E-state index is 0.157. The molecular weight excluding hydrogens is 248 g/mol. The highest BCUT2D eigenvalue weighted by Crippen LogP contribution is 2.27. The highest BCUT2D eigenvalue weighted by Gasteiger charge is 2.26. The van der Waals surface area contributed by atoms with Crippen LogP contribution in [0.2, 0.25) is 0 Å². The number of nitrogens with zero attached hydrogens (tertiary/aromatic N) is 1. The van der Waals surface area contributed by atoms with E-state index in [0.717, 1.165) is 35.6 Å². The Morgan fingerprint density at radius 2 is 1.90 bits per heavy atom. The monoisotopic (exact) mass is 274 g/mol.